The van der Waals surface area contributed by atoms with Crippen molar-refractivity contribution >= 4 is 40.7 Å². The molecule has 2 heterocycles. The molecule has 0 aliphatic carbocycles. The first-order valence-electron chi connectivity index (χ1n) is 8.27. The zero-order valence-corrected chi connectivity index (χ0v) is 16.0. The van der Waals surface area contributed by atoms with Crippen molar-refractivity contribution < 1.29 is 19.1 Å². The molecule has 1 aliphatic heterocycles. The average Bonchev–Trinajstić information content (AvgIpc) is 2.67. The number of fused-ring (bicyclic) bond motifs is 1. The fourth-order valence-corrected chi connectivity index (χ4v) is 2.81. The maximum atomic E-state index is 12.6. The monoisotopic (exact) mass is 409 g/mol. The van der Waals surface area contributed by atoms with Crippen molar-refractivity contribution in [2.24, 2.45) is 0 Å². The van der Waals surface area contributed by atoms with Gasteiger partial charge in [-0.05, 0) is 25.1 Å². The lowest BCUT2D eigenvalue weighted by Crippen LogP contribution is -2.38. The summed E-state index contributed by atoms with van der Waals surface area (Å²) in [5.41, 5.74) is 0.822. The topological polar surface area (TPSA) is 80.8 Å². The predicted molar refractivity (Wildman–Crippen MR) is 102 cm³/mol. The highest BCUT2D eigenvalue weighted by atomic mass is 35.5. The number of amides is 2. The SMILES string of the molecule is CCN(CC(=O)Nc1ccc2c(c1)OCCO2)C(=O)c1cnc(Cl)c(Cl)c1. The molecule has 7 nitrogen and oxygen atoms in total. The Morgan fingerprint density at radius 1 is 1.19 bits per heavy atom. The summed E-state index contributed by atoms with van der Waals surface area (Å²) < 4.78 is 10.9. The van der Waals surface area contributed by atoms with E-state index in [1.807, 2.05) is 0 Å². The molecule has 0 bridgehead atoms. The molecule has 142 valence electrons. The van der Waals surface area contributed by atoms with E-state index in [-0.39, 0.29) is 34.1 Å². The summed E-state index contributed by atoms with van der Waals surface area (Å²) in [7, 11) is 0. The Morgan fingerprint density at radius 3 is 2.63 bits per heavy atom. The minimum Gasteiger partial charge on any atom is -0.486 e. The molecule has 1 aromatic carbocycles. The maximum absolute atomic E-state index is 12.6. The summed E-state index contributed by atoms with van der Waals surface area (Å²) in [4.78, 5) is 30.2. The van der Waals surface area contributed by atoms with Crippen LogP contribution in [0, 0.1) is 0 Å². The third-order valence-corrected chi connectivity index (χ3v) is 4.56. The Hall–Kier alpha value is -2.51. The largest absolute Gasteiger partial charge is 0.486 e. The molecule has 0 radical (unpaired) electrons. The molecule has 9 heteroatoms. The minimum atomic E-state index is -0.360. The van der Waals surface area contributed by atoms with Crippen molar-refractivity contribution in [2.75, 3.05) is 31.6 Å². The number of rotatable bonds is 5. The standard InChI is InChI=1S/C18H17Cl2N3O4/c1-2-23(18(25)11-7-13(19)17(20)21-9-11)10-16(24)22-12-3-4-14-15(8-12)27-6-5-26-14/h3-4,7-9H,2,5-6,10H2,1H3,(H,22,24). The highest BCUT2D eigenvalue weighted by Crippen LogP contribution is 2.32. The van der Waals surface area contributed by atoms with Gasteiger partial charge in [-0.1, -0.05) is 23.2 Å². The van der Waals surface area contributed by atoms with E-state index in [1.165, 1.54) is 17.2 Å². The molecule has 0 saturated carbocycles. The molecule has 27 heavy (non-hydrogen) atoms. The molecule has 2 aromatic rings. The number of hydrogen-bond donors (Lipinski definition) is 1. The number of ether oxygens (including phenoxy) is 2. The molecule has 1 aliphatic rings. The van der Waals surface area contributed by atoms with E-state index in [1.54, 1.807) is 25.1 Å². The van der Waals surface area contributed by atoms with Crippen molar-refractivity contribution in [3.8, 4) is 11.5 Å². The number of nitrogens with zero attached hydrogens (tertiary/aromatic N) is 2. The zero-order valence-electron chi connectivity index (χ0n) is 14.5. The van der Waals surface area contributed by atoms with E-state index < -0.39 is 0 Å². The summed E-state index contributed by atoms with van der Waals surface area (Å²) in [6, 6.07) is 6.56. The molecular formula is C18H17Cl2N3O4. The first-order valence-corrected chi connectivity index (χ1v) is 9.03. The zero-order chi connectivity index (χ0) is 19.4. The third-order valence-electron chi connectivity index (χ3n) is 3.87. The quantitative estimate of drug-likeness (QED) is 0.766. The lowest BCUT2D eigenvalue weighted by Gasteiger charge is -2.21. The molecule has 0 fully saturated rings. The fraction of sp³-hybridized carbons (Fsp3) is 0.278. The van der Waals surface area contributed by atoms with Crippen LogP contribution in [-0.2, 0) is 4.79 Å². The van der Waals surface area contributed by atoms with Crippen LogP contribution in [0.5, 0.6) is 11.5 Å². The van der Waals surface area contributed by atoms with Crippen molar-refractivity contribution in [1.29, 1.82) is 0 Å². The predicted octanol–water partition coefficient (Wildman–Crippen LogP) is 3.26. The van der Waals surface area contributed by atoms with Crippen molar-refractivity contribution in [2.45, 2.75) is 6.92 Å². The number of hydrogen-bond acceptors (Lipinski definition) is 5. The minimum absolute atomic E-state index is 0.118. The highest BCUT2D eigenvalue weighted by Gasteiger charge is 2.19. The Bertz CT molecular complexity index is 876. The number of carbonyl (C=O) groups excluding carboxylic acids is 2. The van der Waals surface area contributed by atoms with E-state index in [0.29, 0.717) is 36.9 Å². The number of likely N-dealkylation sites (N-methyl/N-ethyl adjacent to an activating group) is 1. The van der Waals surface area contributed by atoms with Crippen molar-refractivity contribution in [1.82, 2.24) is 9.88 Å². The van der Waals surface area contributed by atoms with Gasteiger partial charge in [-0.2, -0.15) is 0 Å². The number of nitrogens with one attached hydrogen (secondary N) is 1. The first kappa shape index (κ1) is 19.3. The number of pyridine rings is 1. The molecule has 2 amide bonds. The van der Waals surface area contributed by atoms with Gasteiger partial charge in [0.05, 0.1) is 10.6 Å². The summed E-state index contributed by atoms with van der Waals surface area (Å²) in [6.07, 6.45) is 1.33. The summed E-state index contributed by atoms with van der Waals surface area (Å²) >= 11 is 11.7. The van der Waals surface area contributed by atoms with Crippen LogP contribution in [0.25, 0.3) is 0 Å². The first-order chi connectivity index (χ1) is 13.0. The second-order valence-corrected chi connectivity index (χ2v) is 6.49. The van der Waals surface area contributed by atoms with Gasteiger partial charge in [0.1, 0.15) is 24.9 Å². The van der Waals surface area contributed by atoms with Crippen LogP contribution >= 0.6 is 23.2 Å². The second-order valence-electron chi connectivity index (χ2n) is 5.72. The average molecular weight is 410 g/mol. The molecule has 1 aromatic heterocycles. The molecule has 0 spiro atoms. The van der Waals surface area contributed by atoms with Crippen LogP contribution < -0.4 is 14.8 Å². The van der Waals surface area contributed by atoms with Gasteiger partial charge in [-0.3, -0.25) is 9.59 Å². The van der Waals surface area contributed by atoms with Crippen LogP contribution in [0.3, 0.4) is 0 Å². The number of carbonyl (C=O) groups is 2. The maximum Gasteiger partial charge on any atom is 0.255 e. The van der Waals surface area contributed by atoms with Crippen LogP contribution in [0.4, 0.5) is 5.69 Å². The molecule has 0 unspecified atom stereocenters. The number of anilines is 1. The lowest BCUT2D eigenvalue weighted by molar-refractivity contribution is -0.116. The van der Waals surface area contributed by atoms with E-state index in [9.17, 15) is 9.59 Å². The summed E-state index contributed by atoms with van der Waals surface area (Å²) in [6.45, 7) is 2.95. The lowest BCUT2D eigenvalue weighted by atomic mass is 10.2. The molecular weight excluding hydrogens is 393 g/mol. The Labute approximate surface area is 166 Å². The number of halogens is 2. The van der Waals surface area contributed by atoms with Crippen LogP contribution in [0.15, 0.2) is 30.5 Å². The third kappa shape index (κ3) is 4.61. The van der Waals surface area contributed by atoms with Gasteiger partial charge >= 0.3 is 0 Å². The van der Waals surface area contributed by atoms with Gasteiger partial charge in [0.25, 0.3) is 5.91 Å². The van der Waals surface area contributed by atoms with E-state index >= 15 is 0 Å². The molecule has 3 rings (SSSR count). The van der Waals surface area contributed by atoms with E-state index in [2.05, 4.69) is 10.3 Å². The Kier molecular flexibility index (Phi) is 6.03. The van der Waals surface area contributed by atoms with Gasteiger partial charge in [-0.15, -0.1) is 0 Å². The van der Waals surface area contributed by atoms with Gasteiger partial charge in [0, 0.05) is 24.5 Å². The van der Waals surface area contributed by atoms with Crippen LogP contribution in [-0.4, -0.2) is 48.0 Å². The molecule has 0 saturated heterocycles. The molecule has 0 atom stereocenters. The van der Waals surface area contributed by atoms with Crippen molar-refractivity contribution in [3.05, 3.63) is 46.2 Å². The molecule has 1 N–H and O–H groups in total. The van der Waals surface area contributed by atoms with Gasteiger partial charge in [-0.25, -0.2) is 4.98 Å². The van der Waals surface area contributed by atoms with E-state index in [0.717, 1.165) is 0 Å². The van der Waals surface area contributed by atoms with Crippen molar-refractivity contribution in [3.63, 3.8) is 0 Å². The van der Waals surface area contributed by atoms with Gasteiger partial charge < -0.3 is 19.7 Å². The fourth-order valence-electron chi connectivity index (χ4n) is 2.54. The normalized spacial score (nSPS) is 12.4. The Morgan fingerprint density at radius 2 is 1.93 bits per heavy atom. The highest BCUT2D eigenvalue weighted by molar-refractivity contribution is 6.41. The number of benzene rings is 1. The summed E-state index contributed by atoms with van der Waals surface area (Å²) in [5.74, 6) is 0.511. The smallest absolute Gasteiger partial charge is 0.255 e. The Balaban J connectivity index is 1.66. The van der Waals surface area contributed by atoms with Crippen LogP contribution in [0.1, 0.15) is 17.3 Å². The van der Waals surface area contributed by atoms with Gasteiger partial charge in [0.2, 0.25) is 5.91 Å². The van der Waals surface area contributed by atoms with Gasteiger partial charge in [0.15, 0.2) is 11.5 Å². The summed E-state index contributed by atoms with van der Waals surface area (Å²) in [5, 5.41) is 3.05. The van der Waals surface area contributed by atoms with Crippen LogP contribution in [0.2, 0.25) is 10.2 Å². The second kappa shape index (κ2) is 8.45. The van der Waals surface area contributed by atoms with E-state index in [4.69, 9.17) is 32.7 Å². The number of aromatic nitrogens is 1.